The lowest BCUT2D eigenvalue weighted by Crippen LogP contribution is -2.31. The molecule has 0 fully saturated rings. The van der Waals surface area contributed by atoms with E-state index < -0.39 is 5.97 Å². The van der Waals surface area contributed by atoms with Crippen LogP contribution in [0.2, 0.25) is 0 Å². The Morgan fingerprint density at radius 2 is 2.04 bits per heavy atom. The van der Waals surface area contributed by atoms with Crippen molar-refractivity contribution in [3.8, 4) is 5.75 Å². The molecule has 5 nitrogen and oxygen atoms in total. The fourth-order valence-electron chi connectivity index (χ4n) is 2.86. The summed E-state index contributed by atoms with van der Waals surface area (Å²) in [5, 5.41) is 4.75. The van der Waals surface area contributed by atoms with Crippen molar-refractivity contribution in [2.45, 2.75) is 32.2 Å². The van der Waals surface area contributed by atoms with Crippen LogP contribution in [0.25, 0.3) is 0 Å². The van der Waals surface area contributed by atoms with Crippen molar-refractivity contribution in [2.24, 2.45) is 0 Å². The van der Waals surface area contributed by atoms with E-state index in [4.69, 9.17) is 9.47 Å². The molecular weight excluding hydrogens is 338 g/mol. The molecule has 0 unspecified atom stereocenters. The van der Waals surface area contributed by atoms with Crippen LogP contribution in [0.15, 0.2) is 35.7 Å². The molecule has 0 bridgehead atoms. The molecule has 1 atom stereocenters. The molecule has 6 heteroatoms. The molecule has 2 aromatic rings. The molecule has 1 amide bonds. The second-order valence-corrected chi connectivity index (χ2v) is 7.02. The maximum Gasteiger partial charge on any atom is 0.344 e. The first-order chi connectivity index (χ1) is 12.1. The Morgan fingerprint density at radius 1 is 1.20 bits per heavy atom. The van der Waals surface area contributed by atoms with E-state index in [1.165, 1.54) is 17.5 Å². The first-order valence-electron chi connectivity index (χ1n) is 8.35. The summed E-state index contributed by atoms with van der Waals surface area (Å²) in [6, 6.07) is 9.67. The van der Waals surface area contributed by atoms with E-state index >= 15 is 0 Å². The first kappa shape index (κ1) is 17.5. The Hall–Kier alpha value is -2.34. The number of ether oxygens (including phenoxy) is 2. The van der Waals surface area contributed by atoms with Gasteiger partial charge >= 0.3 is 5.97 Å². The molecule has 1 aromatic heterocycles. The quantitative estimate of drug-likeness (QED) is 0.772. The molecule has 132 valence electrons. The van der Waals surface area contributed by atoms with Crippen molar-refractivity contribution in [3.63, 3.8) is 0 Å². The summed E-state index contributed by atoms with van der Waals surface area (Å²) < 4.78 is 10.4. The Labute approximate surface area is 151 Å². The lowest BCUT2D eigenvalue weighted by molar-refractivity contribution is -0.150. The zero-order valence-electron chi connectivity index (χ0n) is 14.1. The summed E-state index contributed by atoms with van der Waals surface area (Å²) >= 11 is 1.57. The van der Waals surface area contributed by atoms with E-state index in [1.807, 2.05) is 42.6 Å². The van der Waals surface area contributed by atoms with Crippen molar-refractivity contribution in [2.75, 3.05) is 13.2 Å². The number of hydrogen-bond acceptors (Lipinski definition) is 5. The van der Waals surface area contributed by atoms with Gasteiger partial charge < -0.3 is 14.8 Å². The van der Waals surface area contributed by atoms with Crippen LogP contribution in [-0.2, 0) is 27.2 Å². The van der Waals surface area contributed by atoms with Gasteiger partial charge in [-0.15, -0.1) is 11.3 Å². The van der Waals surface area contributed by atoms with Gasteiger partial charge in [-0.25, -0.2) is 4.79 Å². The average molecular weight is 359 g/mol. The van der Waals surface area contributed by atoms with Crippen molar-refractivity contribution in [1.82, 2.24) is 5.32 Å². The number of amides is 1. The van der Waals surface area contributed by atoms with Crippen LogP contribution in [-0.4, -0.2) is 25.1 Å². The molecule has 0 saturated heterocycles. The van der Waals surface area contributed by atoms with Crippen LogP contribution in [0.4, 0.5) is 0 Å². The monoisotopic (exact) mass is 359 g/mol. The van der Waals surface area contributed by atoms with Crippen molar-refractivity contribution in [3.05, 3.63) is 51.7 Å². The van der Waals surface area contributed by atoms with E-state index in [9.17, 15) is 9.59 Å². The summed E-state index contributed by atoms with van der Waals surface area (Å²) in [7, 11) is 0. The Kier molecular flexibility index (Phi) is 5.71. The number of benzene rings is 1. The lowest BCUT2D eigenvalue weighted by atomic mass is 10.1. The fraction of sp³-hybridized carbons (Fsp3) is 0.368. The number of fused-ring (bicyclic) bond motifs is 1. The summed E-state index contributed by atoms with van der Waals surface area (Å²) in [5.74, 6) is -0.223. The topological polar surface area (TPSA) is 64.6 Å². The van der Waals surface area contributed by atoms with Gasteiger partial charge in [0, 0.05) is 4.88 Å². The number of hydrogen-bond donors (Lipinski definition) is 1. The van der Waals surface area contributed by atoms with E-state index in [1.54, 1.807) is 11.3 Å². The number of thiophene rings is 1. The SMILES string of the molecule is C[C@@H](NC(=O)COC(=O)COc1ccc2c(c1)CCC2)c1cccs1. The van der Waals surface area contributed by atoms with Crippen LogP contribution in [0.1, 0.15) is 35.4 Å². The molecule has 3 rings (SSSR count). The highest BCUT2D eigenvalue weighted by Crippen LogP contribution is 2.26. The predicted octanol–water partition coefficient (Wildman–Crippen LogP) is 3.04. The van der Waals surface area contributed by atoms with Gasteiger partial charge in [-0.05, 0) is 60.9 Å². The van der Waals surface area contributed by atoms with Crippen molar-refractivity contribution < 1.29 is 19.1 Å². The minimum atomic E-state index is -0.556. The van der Waals surface area contributed by atoms with Crippen molar-refractivity contribution in [1.29, 1.82) is 0 Å². The predicted molar refractivity (Wildman–Crippen MR) is 95.8 cm³/mol. The number of esters is 1. The van der Waals surface area contributed by atoms with Gasteiger partial charge in [0.25, 0.3) is 5.91 Å². The van der Waals surface area contributed by atoms with Gasteiger partial charge in [0.1, 0.15) is 5.75 Å². The Balaban J connectivity index is 1.38. The normalized spacial score (nSPS) is 13.8. The summed E-state index contributed by atoms with van der Waals surface area (Å²) in [5.41, 5.74) is 2.64. The summed E-state index contributed by atoms with van der Waals surface area (Å²) in [6.45, 7) is 1.39. The molecular formula is C19H21NO4S. The van der Waals surface area contributed by atoms with Crippen LogP contribution in [0.5, 0.6) is 5.75 Å². The molecule has 1 heterocycles. The van der Waals surface area contributed by atoms with Gasteiger partial charge in [0.15, 0.2) is 13.2 Å². The number of aryl methyl sites for hydroxylation is 2. The fourth-order valence-corrected chi connectivity index (χ4v) is 3.59. The van der Waals surface area contributed by atoms with E-state index in [-0.39, 0.29) is 25.2 Å². The molecule has 25 heavy (non-hydrogen) atoms. The first-order valence-corrected chi connectivity index (χ1v) is 9.23. The zero-order valence-corrected chi connectivity index (χ0v) is 14.9. The second kappa shape index (κ2) is 8.16. The molecule has 1 N–H and O–H groups in total. The minimum absolute atomic E-state index is 0.103. The lowest BCUT2D eigenvalue weighted by Gasteiger charge is -2.12. The number of carbonyl (C=O) groups is 2. The number of rotatable bonds is 7. The highest BCUT2D eigenvalue weighted by atomic mass is 32.1. The van der Waals surface area contributed by atoms with Crippen LogP contribution >= 0.6 is 11.3 Å². The minimum Gasteiger partial charge on any atom is -0.482 e. The van der Waals surface area contributed by atoms with Crippen molar-refractivity contribution >= 4 is 23.2 Å². The average Bonchev–Trinajstić information content (AvgIpc) is 3.28. The molecule has 1 aromatic carbocycles. The van der Waals surface area contributed by atoms with E-state index in [0.29, 0.717) is 5.75 Å². The smallest absolute Gasteiger partial charge is 0.344 e. The highest BCUT2D eigenvalue weighted by molar-refractivity contribution is 7.10. The molecule has 0 aliphatic heterocycles. The van der Waals surface area contributed by atoms with E-state index in [0.717, 1.165) is 17.7 Å². The second-order valence-electron chi connectivity index (χ2n) is 6.04. The number of carbonyl (C=O) groups excluding carboxylic acids is 2. The highest BCUT2D eigenvalue weighted by Gasteiger charge is 2.14. The zero-order chi connectivity index (χ0) is 17.6. The van der Waals surface area contributed by atoms with Gasteiger partial charge in [-0.1, -0.05) is 12.1 Å². The Morgan fingerprint density at radius 3 is 2.84 bits per heavy atom. The van der Waals surface area contributed by atoms with Gasteiger partial charge in [0.2, 0.25) is 0 Å². The summed E-state index contributed by atoms with van der Waals surface area (Å²) in [6.07, 6.45) is 3.33. The third-order valence-corrected chi connectivity index (χ3v) is 5.19. The maximum atomic E-state index is 11.8. The largest absolute Gasteiger partial charge is 0.482 e. The van der Waals surface area contributed by atoms with E-state index in [2.05, 4.69) is 5.32 Å². The molecule has 1 aliphatic rings. The molecule has 0 spiro atoms. The Bertz CT molecular complexity index is 742. The van der Waals surface area contributed by atoms with Gasteiger partial charge in [0.05, 0.1) is 6.04 Å². The standard InChI is InChI=1S/C19H21NO4S/c1-13(17-6-3-9-25-17)20-18(21)11-24-19(22)12-23-16-8-7-14-4-2-5-15(14)10-16/h3,6-10,13H,2,4-5,11-12H2,1H3,(H,20,21)/t13-/m1/s1. The van der Waals surface area contributed by atoms with Gasteiger partial charge in [-0.3, -0.25) is 4.79 Å². The van der Waals surface area contributed by atoms with Crippen LogP contribution < -0.4 is 10.1 Å². The molecule has 0 radical (unpaired) electrons. The number of nitrogens with one attached hydrogen (secondary N) is 1. The summed E-state index contributed by atoms with van der Waals surface area (Å²) in [4.78, 5) is 24.6. The molecule has 0 saturated carbocycles. The van der Waals surface area contributed by atoms with Crippen LogP contribution in [0, 0.1) is 0 Å². The third-order valence-electron chi connectivity index (χ3n) is 4.14. The molecule has 1 aliphatic carbocycles. The maximum absolute atomic E-state index is 11.8. The van der Waals surface area contributed by atoms with Crippen LogP contribution in [0.3, 0.4) is 0 Å². The third kappa shape index (κ3) is 4.82. The van der Waals surface area contributed by atoms with Gasteiger partial charge in [-0.2, -0.15) is 0 Å².